The Hall–Kier alpha value is -0.130. The maximum Gasteiger partial charge on any atom is 0.154 e. The molecule has 11 heavy (non-hydrogen) atoms. The van der Waals surface area contributed by atoms with Gasteiger partial charge in [-0.1, -0.05) is 0 Å². The number of methoxy groups -OCH3 is 2. The van der Waals surface area contributed by atoms with Crippen LogP contribution in [0.4, 0.5) is 0 Å². The Labute approximate surface area is 67.4 Å². The van der Waals surface area contributed by atoms with Gasteiger partial charge in [0.05, 0.1) is 24.7 Å². The van der Waals surface area contributed by atoms with Gasteiger partial charge in [-0.3, -0.25) is 0 Å². The van der Waals surface area contributed by atoms with E-state index >= 15 is 0 Å². The molecule has 68 valence electrons. The van der Waals surface area contributed by atoms with Crippen LogP contribution < -0.4 is 0 Å². The molecule has 4 nitrogen and oxygen atoms in total. The van der Waals surface area contributed by atoms with Gasteiger partial charge in [-0.2, -0.15) is 0 Å². The third-order valence-electron chi connectivity index (χ3n) is 1.20. The molecule has 0 aliphatic heterocycles. The predicted molar refractivity (Wildman–Crippen MR) is 42.4 cm³/mol. The zero-order valence-corrected chi connectivity index (χ0v) is 7.69. The van der Waals surface area contributed by atoms with Crippen molar-refractivity contribution in [2.45, 2.75) is 0 Å². The summed E-state index contributed by atoms with van der Waals surface area (Å²) in [4.78, 5) is 0. The maximum atomic E-state index is 11.0. The third-order valence-corrected chi connectivity index (χ3v) is 2.77. The van der Waals surface area contributed by atoms with E-state index in [0.29, 0.717) is 0 Å². The van der Waals surface area contributed by atoms with Crippen molar-refractivity contribution < 1.29 is 17.9 Å². The fourth-order valence-electron chi connectivity index (χ4n) is 0.523. The van der Waals surface area contributed by atoms with Gasteiger partial charge in [0.1, 0.15) is 0 Å². The fourth-order valence-corrected chi connectivity index (χ4v) is 1.57. The number of sulfone groups is 1. The van der Waals surface area contributed by atoms with Crippen LogP contribution in [0, 0.1) is 0 Å². The summed E-state index contributed by atoms with van der Waals surface area (Å²) in [6.45, 7) is 0.512. The molecule has 0 rings (SSSR count). The first-order valence-electron chi connectivity index (χ1n) is 3.30. The van der Waals surface area contributed by atoms with Gasteiger partial charge in [-0.15, -0.1) is 0 Å². The molecule has 0 aliphatic carbocycles. The Balaban J connectivity index is 3.63. The molecule has 5 heteroatoms. The van der Waals surface area contributed by atoms with E-state index in [1.807, 2.05) is 0 Å². The van der Waals surface area contributed by atoms with Crippen molar-refractivity contribution in [1.29, 1.82) is 0 Å². The molecule has 0 spiro atoms. The molecule has 0 aromatic carbocycles. The Morgan fingerprint density at radius 2 is 1.36 bits per heavy atom. The Morgan fingerprint density at radius 3 is 1.64 bits per heavy atom. The first kappa shape index (κ1) is 10.9. The second kappa shape index (κ2) is 5.51. The van der Waals surface area contributed by atoms with Crippen LogP contribution in [-0.4, -0.2) is 47.4 Å². The minimum atomic E-state index is -2.96. The molecule has 0 fully saturated rings. The molecule has 0 N–H and O–H groups in total. The zero-order valence-electron chi connectivity index (χ0n) is 6.87. The normalized spacial score (nSPS) is 11.8. The minimum Gasteiger partial charge on any atom is -0.384 e. The summed E-state index contributed by atoms with van der Waals surface area (Å²) < 4.78 is 31.3. The van der Waals surface area contributed by atoms with E-state index in [0.717, 1.165) is 0 Å². The Bertz CT molecular complexity index is 159. The van der Waals surface area contributed by atoms with Gasteiger partial charge in [0.25, 0.3) is 0 Å². The third kappa shape index (κ3) is 6.28. The molecule has 0 aromatic rings. The highest BCUT2D eigenvalue weighted by molar-refractivity contribution is 7.91. The van der Waals surface area contributed by atoms with Crippen LogP contribution >= 0.6 is 0 Å². The molecule has 0 radical (unpaired) electrons. The smallest absolute Gasteiger partial charge is 0.154 e. The van der Waals surface area contributed by atoms with Crippen molar-refractivity contribution in [3.63, 3.8) is 0 Å². The monoisotopic (exact) mass is 182 g/mol. The maximum absolute atomic E-state index is 11.0. The highest BCUT2D eigenvalue weighted by atomic mass is 32.2. The number of hydrogen-bond acceptors (Lipinski definition) is 4. The second-order valence-corrected chi connectivity index (χ2v) is 4.44. The molecular formula is C6H14O4S. The summed E-state index contributed by atoms with van der Waals surface area (Å²) in [5.41, 5.74) is 0. The summed E-state index contributed by atoms with van der Waals surface area (Å²) in [6.07, 6.45) is 0. The summed E-state index contributed by atoms with van der Waals surface area (Å²) >= 11 is 0. The quantitative estimate of drug-likeness (QED) is 0.565. The average molecular weight is 182 g/mol. The van der Waals surface area contributed by atoms with Gasteiger partial charge in [-0.25, -0.2) is 8.42 Å². The van der Waals surface area contributed by atoms with Gasteiger partial charge in [0, 0.05) is 14.2 Å². The van der Waals surface area contributed by atoms with Crippen molar-refractivity contribution in [1.82, 2.24) is 0 Å². The number of hydrogen-bond donors (Lipinski definition) is 0. The van der Waals surface area contributed by atoms with Gasteiger partial charge in [-0.05, 0) is 0 Å². The van der Waals surface area contributed by atoms with E-state index in [2.05, 4.69) is 9.47 Å². The molecular weight excluding hydrogens is 168 g/mol. The highest BCUT2D eigenvalue weighted by Gasteiger charge is 2.08. The van der Waals surface area contributed by atoms with Crippen LogP contribution in [0.5, 0.6) is 0 Å². The molecule has 0 bridgehead atoms. The van der Waals surface area contributed by atoms with Crippen LogP contribution in [0.2, 0.25) is 0 Å². The average Bonchev–Trinajstić information content (AvgIpc) is 1.97. The number of rotatable bonds is 6. The van der Waals surface area contributed by atoms with E-state index in [9.17, 15) is 8.42 Å². The lowest BCUT2D eigenvalue weighted by Crippen LogP contribution is -2.17. The van der Waals surface area contributed by atoms with Gasteiger partial charge in [0.2, 0.25) is 0 Å². The fraction of sp³-hybridized carbons (Fsp3) is 1.00. The minimum absolute atomic E-state index is 0.0762. The van der Waals surface area contributed by atoms with E-state index in [4.69, 9.17) is 0 Å². The van der Waals surface area contributed by atoms with E-state index in [-0.39, 0.29) is 24.7 Å². The Kier molecular flexibility index (Phi) is 5.45. The van der Waals surface area contributed by atoms with Crippen LogP contribution in [0.15, 0.2) is 0 Å². The summed E-state index contributed by atoms with van der Waals surface area (Å²) in [6, 6.07) is 0. The molecule has 0 unspecified atom stereocenters. The van der Waals surface area contributed by atoms with Crippen LogP contribution in [0.3, 0.4) is 0 Å². The lowest BCUT2D eigenvalue weighted by atomic mass is 10.8. The topological polar surface area (TPSA) is 52.6 Å². The predicted octanol–water partition coefficient (Wildman–Crippen LogP) is -0.306. The van der Waals surface area contributed by atoms with Crippen LogP contribution in [0.25, 0.3) is 0 Å². The first-order valence-corrected chi connectivity index (χ1v) is 5.13. The van der Waals surface area contributed by atoms with E-state index in [1.165, 1.54) is 14.2 Å². The van der Waals surface area contributed by atoms with Gasteiger partial charge in [0.15, 0.2) is 9.84 Å². The van der Waals surface area contributed by atoms with Crippen molar-refractivity contribution in [3.8, 4) is 0 Å². The largest absolute Gasteiger partial charge is 0.384 e. The SMILES string of the molecule is COCCS(=O)(=O)CCOC. The molecule has 0 aliphatic rings. The van der Waals surface area contributed by atoms with E-state index in [1.54, 1.807) is 0 Å². The first-order chi connectivity index (χ1) is 5.12. The second-order valence-electron chi connectivity index (χ2n) is 2.14. The molecule has 0 aromatic heterocycles. The molecule has 0 atom stereocenters. The molecule has 0 amide bonds. The summed E-state index contributed by atoms with van der Waals surface area (Å²) in [5, 5.41) is 0. The highest BCUT2D eigenvalue weighted by Crippen LogP contribution is 1.89. The number of ether oxygens (including phenoxy) is 2. The van der Waals surface area contributed by atoms with Gasteiger partial charge >= 0.3 is 0 Å². The lowest BCUT2D eigenvalue weighted by molar-refractivity contribution is 0.212. The van der Waals surface area contributed by atoms with Crippen molar-refractivity contribution in [3.05, 3.63) is 0 Å². The van der Waals surface area contributed by atoms with Crippen molar-refractivity contribution in [2.75, 3.05) is 38.9 Å². The molecule has 0 saturated carbocycles. The Morgan fingerprint density at radius 1 is 1.00 bits per heavy atom. The van der Waals surface area contributed by atoms with Crippen LogP contribution in [-0.2, 0) is 19.3 Å². The van der Waals surface area contributed by atoms with Crippen molar-refractivity contribution in [2.24, 2.45) is 0 Å². The summed E-state index contributed by atoms with van der Waals surface area (Å²) in [5.74, 6) is 0.152. The van der Waals surface area contributed by atoms with Crippen molar-refractivity contribution >= 4 is 9.84 Å². The van der Waals surface area contributed by atoms with E-state index < -0.39 is 9.84 Å². The standard InChI is InChI=1S/C6H14O4S/c1-9-3-5-11(7,8)6-4-10-2/h3-6H2,1-2H3. The van der Waals surface area contributed by atoms with Crippen LogP contribution in [0.1, 0.15) is 0 Å². The molecule has 0 heterocycles. The molecule has 0 saturated heterocycles. The lowest BCUT2D eigenvalue weighted by Gasteiger charge is -2.01. The van der Waals surface area contributed by atoms with Gasteiger partial charge < -0.3 is 9.47 Å². The zero-order chi connectivity index (χ0) is 8.74. The summed E-state index contributed by atoms with van der Waals surface area (Å²) in [7, 11) is 0.000154.